The monoisotopic (exact) mass is 411 g/mol. The van der Waals surface area contributed by atoms with Crippen LogP contribution in [0.1, 0.15) is 18.9 Å². The summed E-state index contributed by atoms with van der Waals surface area (Å²) in [5.41, 5.74) is 1.54. The van der Waals surface area contributed by atoms with Crippen LogP contribution in [0.15, 0.2) is 64.5 Å². The SMILES string of the molecule is COCCCNC(=O)C(C)Sc1nc2ccccc2c(=O)n1Cc1ccccc1. The van der Waals surface area contributed by atoms with Gasteiger partial charge < -0.3 is 10.1 Å². The van der Waals surface area contributed by atoms with Gasteiger partial charge in [0.1, 0.15) is 0 Å². The maximum atomic E-state index is 13.1. The molecule has 0 radical (unpaired) electrons. The second-order valence-electron chi connectivity index (χ2n) is 6.69. The summed E-state index contributed by atoms with van der Waals surface area (Å²) >= 11 is 1.30. The number of carbonyl (C=O) groups excluding carboxylic acids is 1. The fourth-order valence-electron chi connectivity index (χ4n) is 2.93. The second kappa shape index (κ2) is 10.2. The van der Waals surface area contributed by atoms with Gasteiger partial charge >= 0.3 is 0 Å². The van der Waals surface area contributed by atoms with E-state index in [0.29, 0.717) is 35.8 Å². The molecule has 152 valence electrons. The molecule has 3 aromatic rings. The van der Waals surface area contributed by atoms with E-state index in [2.05, 4.69) is 5.32 Å². The van der Waals surface area contributed by atoms with Crippen molar-refractivity contribution in [2.24, 2.45) is 0 Å². The lowest BCUT2D eigenvalue weighted by Gasteiger charge is -2.16. The summed E-state index contributed by atoms with van der Waals surface area (Å²) in [6, 6.07) is 17.1. The highest BCUT2D eigenvalue weighted by molar-refractivity contribution is 8.00. The molecule has 3 rings (SSSR count). The highest BCUT2D eigenvalue weighted by Crippen LogP contribution is 2.23. The third-order valence-corrected chi connectivity index (χ3v) is 5.58. The van der Waals surface area contributed by atoms with Gasteiger partial charge in [-0.1, -0.05) is 54.2 Å². The molecule has 29 heavy (non-hydrogen) atoms. The molecular formula is C22H25N3O3S. The van der Waals surface area contributed by atoms with Crippen molar-refractivity contribution in [3.8, 4) is 0 Å². The van der Waals surface area contributed by atoms with Gasteiger partial charge in [-0.25, -0.2) is 4.98 Å². The van der Waals surface area contributed by atoms with Crippen molar-refractivity contribution in [1.29, 1.82) is 0 Å². The molecule has 0 bridgehead atoms. The second-order valence-corrected chi connectivity index (χ2v) is 7.99. The molecule has 7 heteroatoms. The number of hydrogen-bond acceptors (Lipinski definition) is 5. The van der Waals surface area contributed by atoms with Crippen LogP contribution >= 0.6 is 11.8 Å². The number of para-hydroxylation sites is 1. The van der Waals surface area contributed by atoms with Crippen molar-refractivity contribution in [2.45, 2.75) is 30.3 Å². The molecule has 0 fully saturated rings. The Morgan fingerprint density at radius 1 is 1.17 bits per heavy atom. The molecule has 6 nitrogen and oxygen atoms in total. The Morgan fingerprint density at radius 3 is 2.66 bits per heavy atom. The predicted molar refractivity (Wildman–Crippen MR) is 116 cm³/mol. The highest BCUT2D eigenvalue weighted by atomic mass is 32.2. The van der Waals surface area contributed by atoms with Crippen molar-refractivity contribution in [3.05, 3.63) is 70.5 Å². The summed E-state index contributed by atoms with van der Waals surface area (Å²) in [5, 5.41) is 3.63. The van der Waals surface area contributed by atoms with Crippen LogP contribution in [-0.4, -0.2) is 41.0 Å². The lowest BCUT2D eigenvalue weighted by molar-refractivity contribution is -0.120. The van der Waals surface area contributed by atoms with E-state index in [0.717, 1.165) is 12.0 Å². The zero-order chi connectivity index (χ0) is 20.6. The van der Waals surface area contributed by atoms with E-state index in [-0.39, 0.29) is 16.7 Å². The third-order valence-electron chi connectivity index (χ3n) is 4.49. The summed E-state index contributed by atoms with van der Waals surface area (Å²) in [7, 11) is 1.64. The molecule has 0 saturated carbocycles. The van der Waals surface area contributed by atoms with E-state index in [4.69, 9.17) is 9.72 Å². The number of benzene rings is 2. The molecule has 0 aliphatic carbocycles. The molecule has 0 saturated heterocycles. The van der Waals surface area contributed by atoms with E-state index in [1.807, 2.05) is 55.5 Å². The highest BCUT2D eigenvalue weighted by Gasteiger charge is 2.19. The molecule has 1 N–H and O–H groups in total. The Balaban J connectivity index is 1.88. The zero-order valence-electron chi connectivity index (χ0n) is 16.6. The first-order valence-electron chi connectivity index (χ1n) is 9.57. The fourth-order valence-corrected chi connectivity index (χ4v) is 3.86. The molecule has 0 spiro atoms. The molecule has 1 unspecified atom stereocenters. The topological polar surface area (TPSA) is 73.2 Å². The average Bonchev–Trinajstić information content (AvgIpc) is 2.74. The summed E-state index contributed by atoms with van der Waals surface area (Å²) in [5.74, 6) is -0.0835. The number of methoxy groups -OCH3 is 1. The van der Waals surface area contributed by atoms with E-state index < -0.39 is 0 Å². The van der Waals surface area contributed by atoms with Gasteiger partial charge in [-0.2, -0.15) is 0 Å². The number of nitrogens with zero attached hydrogens (tertiary/aromatic N) is 2. The van der Waals surface area contributed by atoms with Crippen LogP contribution in [0.3, 0.4) is 0 Å². The van der Waals surface area contributed by atoms with Crippen molar-refractivity contribution < 1.29 is 9.53 Å². The van der Waals surface area contributed by atoms with Gasteiger partial charge in [-0.05, 0) is 31.0 Å². The molecule has 0 aliphatic heterocycles. The lowest BCUT2D eigenvalue weighted by Crippen LogP contribution is -2.33. The van der Waals surface area contributed by atoms with E-state index >= 15 is 0 Å². The molecule has 1 amide bonds. The van der Waals surface area contributed by atoms with Crippen LogP contribution in [0.25, 0.3) is 10.9 Å². The normalized spacial score (nSPS) is 12.1. The zero-order valence-corrected chi connectivity index (χ0v) is 17.4. The summed E-state index contributed by atoms with van der Waals surface area (Å²) in [6.45, 7) is 3.39. The lowest BCUT2D eigenvalue weighted by atomic mass is 10.2. The van der Waals surface area contributed by atoms with E-state index in [1.54, 1.807) is 17.7 Å². The largest absolute Gasteiger partial charge is 0.385 e. The number of ether oxygens (including phenoxy) is 1. The molecule has 0 aliphatic rings. The van der Waals surface area contributed by atoms with Gasteiger partial charge in [0.05, 0.1) is 22.7 Å². The Bertz CT molecular complexity index is 1020. The first-order chi connectivity index (χ1) is 14.1. The van der Waals surface area contributed by atoms with Crippen molar-refractivity contribution in [1.82, 2.24) is 14.9 Å². The standard InChI is InChI=1S/C22H25N3O3S/c1-16(20(26)23-13-8-14-28-2)29-22-24-19-12-7-6-11-18(19)21(27)25(22)15-17-9-4-3-5-10-17/h3-7,9-12,16H,8,13-15H2,1-2H3,(H,23,26). The smallest absolute Gasteiger partial charge is 0.262 e. The first-order valence-corrected chi connectivity index (χ1v) is 10.4. The van der Waals surface area contributed by atoms with Crippen LogP contribution < -0.4 is 10.9 Å². The number of carbonyl (C=O) groups is 1. The van der Waals surface area contributed by atoms with E-state index in [1.165, 1.54) is 11.8 Å². The number of nitrogens with one attached hydrogen (secondary N) is 1. The van der Waals surface area contributed by atoms with Gasteiger partial charge in [-0.3, -0.25) is 14.2 Å². The number of hydrogen-bond donors (Lipinski definition) is 1. The first kappa shape index (κ1) is 21.1. The van der Waals surface area contributed by atoms with Gasteiger partial charge in [0.15, 0.2) is 5.16 Å². The summed E-state index contributed by atoms with van der Waals surface area (Å²) in [6.07, 6.45) is 0.757. The molecule has 1 heterocycles. The van der Waals surface area contributed by atoms with Crippen molar-refractivity contribution in [3.63, 3.8) is 0 Å². The van der Waals surface area contributed by atoms with Crippen LogP contribution in [0.2, 0.25) is 0 Å². The van der Waals surface area contributed by atoms with Gasteiger partial charge in [0, 0.05) is 20.3 Å². The number of thioether (sulfide) groups is 1. The van der Waals surface area contributed by atoms with Crippen molar-refractivity contribution in [2.75, 3.05) is 20.3 Å². The summed E-state index contributed by atoms with van der Waals surface area (Å²) < 4.78 is 6.65. The molecule has 2 aromatic carbocycles. The predicted octanol–water partition coefficient (Wildman–Crippen LogP) is 3.08. The van der Waals surface area contributed by atoms with Crippen LogP contribution in [0.4, 0.5) is 0 Å². The van der Waals surface area contributed by atoms with Crippen LogP contribution in [-0.2, 0) is 16.1 Å². The molecule has 1 aromatic heterocycles. The minimum absolute atomic E-state index is 0.0835. The van der Waals surface area contributed by atoms with E-state index in [9.17, 15) is 9.59 Å². The fraction of sp³-hybridized carbons (Fsp3) is 0.318. The minimum atomic E-state index is -0.382. The van der Waals surface area contributed by atoms with Crippen molar-refractivity contribution >= 4 is 28.6 Å². The Morgan fingerprint density at radius 2 is 1.90 bits per heavy atom. The average molecular weight is 412 g/mol. The maximum Gasteiger partial charge on any atom is 0.262 e. The quantitative estimate of drug-likeness (QED) is 0.333. The van der Waals surface area contributed by atoms with Gasteiger partial charge in [0.2, 0.25) is 5.91 Å². The number of rotatable bonds is 9. The number of aromatic nitrogens is 2. The Labute approximate surface area is 174 Å². The number of amides is 1. The van der Waals surface area contributed by atoms with Gasteiger partial charge in [-0.15, -0.1) is 0 Å². The minimum Gasteiger partial charge on any atom is -0.385 e. The maximum absolute atomic E-state index is 13.1. The van der Waals surface area contributed by atoms with Crippen LogP contribution in [0.5, 0.6) is 0 Å². The van der Waals surface area contributed by atoms with Crippen LogP contribution in [0, 0.1) is 0 Å². The molecular weight excluding hydrogens is 386 g/mol. The Hall–Kier alpha value is -2.64. The number of fused-ring (bicyclic) bond motifs is 1. The Kier molecular flexibility index (Phi) is 7.43. The molecule has 1 atom stereocenters. The van der Waals surface area contributed by atoms with Gasteiger partial charge in [0.25, 0.3) is 5.56 Å². The third kappa shape index (κ3) is 5.46. The summed E-state index contributed by atoms with van der Waals surface area (Å²) in [4.78, 5) is 30.3.